The maximum atomic E-state index is 11.0. The van der Waals surface area contributed by atoms with Crippen LogP contribution in [-0.2, 0) is 11.3 Å². The second-order valence-corrected chi connectivity index (χ2v) is 5.58. The highest BCUT2D eigenvalue weighted by Crippen LogP contribution is 2.30. The normalized spacial score (nSPS) is 22.2. The molecule has 0 spiro atoms. The number of aliphatic carboxylic acids is 1. The Balaban J connectivity index is 2.20. The maximum Gasteiger partial charge on any atom is 0.307 e. The second kappa shape index (κ2) is 6.24. The van der Waals surface area contributed by atoms with Gasteiger partial charge in [-0.2, -0.15) is 0 Å². The highest BCUT2D eigenvalue weighted by atomic mass is 16.5. The molecule has 1 saturated heterocycles. The lowest BCUT2D eigenvalue weighted by Crippen LogP contribution is -2.17. The molecular weight excluding hydrogens is 256 g/mol. The molecule has 5 nitrogen and oxygen atoms in total. The van der Waals surface area contributed by atoms with Gasteiger partial charge in [-0.1, -0.05) is 6.07 Å². The van der Waals surface area contributed by atoms with Crippen LogP contribution in [-0.4, -0.2) is 43.7 Å². The molecule has 5 heteroatoms. The summed E-state index contributed by atoms with van der Waals surface area (Å²) in [6, 6.07) is 6.23. The molecule has 1 aromatic rings. The number of carboxylic acids is 1. The number of benzene rings is 1. The minimum absolute atomic E-state index is 0.0899. The van der Waals surface area contributed by atoms with Crippen molar-refractivity contribution in [3.63, 3.8) is 0 Å². The van der Waals surface area contributed by atoms with Gasteiger partial charge in [-0.3, -0.25) is 4.79 Å². The van der Waals surface area contributed by atoms with Gasteiger partial charge in [0.1, 0.15) is 5.75 Å². The summed E-state index contributed by atoms with van der Waals surface area (Å²) in [4.78, 5) is 13.1. The summed E-state index contributed by atoms with van der Waals surface area (Å²) in [5.74, 6) is -0.208. The van der Waals surface area contributed by atoms with Gasteiger partial charge in [0.25, 0.3) is 0 Å². The topological polar surface area (TPSA) is 61.8 Å². The fraction of sp³-hybridized carbons (Fsp3) is 0.533. The smallest absolute Gasteiger partial charge is 0.307 e. The van der Waals surface area contributed by atoms with Crippen LogP contribution in [0.3, 0.4) is 0 Å². The third-order valence-electron chi connectivity index (χ3n) is 3.61. The van der Waals surface area contributed by atoms with Crippen molar-refractivity contribution in [2.45, 2.75) is 19.0 Å². The van der Waals surface area contributed by atoms with Gasteiger partial charge in [0, 0.05) is 19.1 Å². The van der Waals surface area contributed by atoms with Crippen LogP contribution in [0, 0.1) is 5.92 Å². The number of rotatable bonds is 5. The largest absolute Gasteiger partial charge is 0.497 e. The van der Waals surface area contributed by atoms with Crippen LogP contribution >= 0.6 is 0 Å². The van der Waals surface area contributed by atoms with Crippen molar-refractivity contribution in [2.75, 3.05) is 27.7 Å². The molecule has 110 valence electrons. The summed E-state index contributed by atoms with van der Waals surface area (Å²) in [5, 5.41) is 12.4. The number of carbonyl (C=O) groups is 1. The highest BCUT2D eigenvalue weighted by molar-refractivity contribution is 5.70. The van der Waals surface area contributed by atoms with Gasteiger partial charge in [-0.05, 0) is 43.8 Å². The molecule has 1 aliphatic heterocycles. The first-order chi connectivity index (χ1) is 9.49. The maximum absolute atomic E-state index is 11.0. The lowest BCUT2D eigenvalue weighted by Gasteiger charge is -2.16. The third kappa shape index (κ3) is 3.49. The zero-order chi connectivity index (χ0) is 14.7. The number of nitrogens with one attached hydrogen (secondary N) is 1. The van der Waals surface area contributed by atoms with E-state index in [1.54, 1.807) is 7.11 Å². The van der Waals surface area contributed by atoms with Crippen LogP contribution in [0.2, 0.25) is 0 Å². The number of ether oxygens (including phenoxy) is 1. The minimum Gasteiger partial charge on any atom is -0.497 e. The molecule has 2 unspecified atom stereocenters. The Bertz CT molecular complexity index is 488. The summed E-state index contributed by atoms with van der Waals surface area (Å²) in [7, 11) is 5.70. The Morgan fingerprint density at radius 3 is 2.75 bits per heavy atom. The van der Waals surface area contributed by atoms with Gasteiger partial charge >= 0.3 is 5.97 Å². The SMILES string of the molecule is COc1cc(CN(C)C)cc(C2CC(C(=O)O)CN2)c1. The first kappa shape index (κ1) is 14.8. The van der Waals surface area contributed by atoms with Gasteiger partial charge in [0.05, 0.1) is 13.0 Å². The second-order valence-electron chi connectivity index (χ2n) is 5.58. The molecule has 2 N–H and O–H groups in total. The standard InChI is InChI=1S/C15H22N2O3/c1-17(2)9-10-4-11(6-13(5-10)20-3)14-7-12(8-16-14)15(18)19/h4-6,12,14,16H,7-9H2,1-3H3,(H,18,19). The average molecular weight is 278 g/mol. The fourth-order valence-electron chi connectivity index (χ4n) is 2.64. The highest BCUT2D eigenvalue weighted by Gasteiger charge is 2.30. The van der Waals surface area contributed by atoms with Crippen molar-refractivity contribution in [2.24, 2.45) is 5.92 Å². The molecule has 1 heterocycles. The van der Waals surface area contributed by atoms with Crippen LogP contribution in [0.1, 0.15) is 23.6 Å². The number of carboxylic acid groups (broad SMARTS) is 1. The molecule has 0 aromatic heterocycles. The summed E-state index contributed by atoms with van der Waals surface area (Å²) >= 11 is 0. The molecule has 20 heavy (non-hydrogen) atoms. The summed E-state index contributed by atoms with van der Waals surface area (Å²) in [6.45, 7) is 1.36. The van der Waals surface area contributed by atoms with Crippen LogP contribution in [0.4, 0.5) is 0 Å². The van der Waals surface area contributed by atoms with E-state index in [1.807, 2.05) is 26.2 Å². The predicted molar refractivity (Wildman–Crippen MR) is 76.9 cm³/mol. The van der Waals surface area contributed by atoms with Crippen molar-refractivity contribution in [3.05, 3.63) is 29.3 Å². The molecule has 2 rings (SSSR count). The molecule has 0 amide bonds. The molecular formula is C15H22N2O3. The van der Waals surface area contributed by atoms with Gasteiger partial charge in [0.2, 0.25) is 0 Å². The fourth-order valence-corrected chi connectivity index (χ4v) is 2.64. The van der Waals surface area contributed by atoms with E-state index in [4.69, 9.17) is 9.84 Å². The van der Waals surface area contributed by atoms with Crippen LogP contribution in [0.15, 0.2) is 18.2 Å². The Hall–Kier alpha value is -1.59. The molecule has 0 radical (unpaired) electrons. The van der Waals surface area contributed by atoms with E-state index in [-0.39, 0.29) is 12.0 Å². The first-order valence-corrected chi connectivity index (χ1v) is 6.78. The Kier molecular flexibility index (Phi) is 4.62. The zero-order valence-electron chi connectivity index (χ0n) is 12.2. The van der Waals surface area contributed by atoms with Gasteiger partial charge in [0.15, 0.2) is 0 Å². The van der Waals surface area contributed by atoms with Gasteiger partial charge < -0.3 is 20.1 Å². The zero-order valence-corrected chi connectivity index (χ0v) is 12.2. The summed E-state index contributed by atoms with van der Waals surface area (Å²) in [6.07, 6.45) is 0.629. The molecule has 2 atom stereocenters. The van der Waals surface area contributed by atoms with E-state index in [0.717, 1.165) is 17.9 Å². The van der Waals surface area contributed by atoms with Crippen molar-refractivity contribution in [1.29, 1.82) is 0 Å². The first-order valence-electron chi connectivity index (χ1n) is 6.78. The molecule has 0 aliphatic carbocycles. The lowest BCUT2D eigenvalue weighted by molar-refractivity contribution is -0.141. The molecule has 0 saturated carbocycles. The van der Waals surface area contributed by atoms with E-state index in [2.05, 4.69) is 16.3 Å². The molecule has 1 fully saturated rings. The summed E-state index contributed by atoms with van der Waals surface area (Å²) in [5.41, 5.74) is 2.27. The van der Waals surface area contributed by atoms with Gasteiger partial charge in [-0.15, -0.1) is 0 Å². The van der Waals surface area contributed by atoms with E-state index in [9.17, 15) is 4.79 Å². The van der Waals surface area contributed by atoms with Crippen molar-refractivity contribution in [3.8, 4) is 5.75 Å². The minimum atomic E-state index is -0.726. The van der Waals surface area contributed by atoms with E-state index in [1.165, 1.54) is 5.56 Å². The van der Waals surface area contributed by atoms with E-state index >= 15 is 0 Å². The van der Waals surface area contributed by atoms with Gasteiger partial charge in [-0.25, -0.2) is 0 Å². The predicted octanol–water partition coefficient (Wildman–Crippen LogP) is 1.49. The quantitative estimate of drug-likeness (QED) is 0.854. The van der Waals surface area contributed by atoms with Crippen LogP contribution in [0.5, 0.6) is 5.75 Å². The number of nitrogens with zero attached hydrogens (tertiary/aromatic N) is 1. The van der Waals surface area contributed by atoms with Crippen LogP contribution in [0.25, 0.3) is 0 Å². The monoisotopic (exact) mass is 278 g/mol. The van der Waals surface area contributed by atoms with E-state index in [0.29, 0.717) is 13.0 Å². The van der Waals surface area contributed by atoms with Crippen LogP contribution < -0.4 is 10.1 Å². The van der Waals surface area contributed by atoms with Crippen molar-refractivity contribution < 1.29 is 14.6 Å². The Labute approximate surface area is 119 Å². The number of methoxy groups -OCH3 is 1. The van der Waals surface area contributed by atoms with Crippen molar-refractivity contribution >= 4 is 5.97 Å². The van der Waals surface area contributed by atoms with Crippen molar-refractivity contribution in [1.82, 2.24) is 10.2 Å². The summed E-state index contributed by atoms with van der Waals surface area (Å²) < 4.78 is 5.35. The number of hydrogen-bond donors (Lipinski definition) is 2. The average Bonchev–Trinajstić information content (AvgIpc) is 2.87. The molecule has 0 bridgehead atoms. The molecule has 1 aliphatic rings. The lowest BCUT2D eigenvalue weighted by atomic mass is 9.98. The Morgan fingerprint density at radius 1 is 1.45 bits per heavy atom. The molecule has 1 aromatic carbocycles. The number of hydrogen-bond acceptors (Lipinski definition) is 4. The third-order valence-corrected chi connectivity index (χ3v) is 3.61. The Morgan fingerprint density at radius 2 is 2.20 bits per heavy atom. The van der Waals surface area contributed by atoms with E-state index < -0.39 is 5.97 Å².